The maximum atomic E-state index is 5.09. The summed E-state index contributed by atoms with van der Waals surface area (Å²) in [6.45, 7) is 4.81. The van der Waals surface area contributed by atoms with Crippen LogP contribution in [0.5, 0.6) is 0 Å². The van der Waals surface area contributed by atoms with Gasteiger partial charge < -0.3 is 10.1 Å². The zero-order chi connectivity index (χ0) is 9.73. The average molecular weight is 180 g/mol. The van der Waals surface area contributed by atoms with Crippen molar-refractivity contribution in [2.24, 2.45) is 0 Å². The summed E-state index contributed by atoms with van der Waals surface area (Å²) in [5.41, 5.74) is -0.0803. The lowest BCUT2D eigenvalue weighted by molar-refractivity contribution is 0.158. The summed E-state index contributed by atoms with van der Waals surface area (Å²) < 4.78 is 5.09. The second-order valence-corrected chi connectivity index (χ2v) is 3.66. The topological polar surface area (TPSA) is 34.1 Å². The lowest BCUT2D eigenvalue weighted by atomic mass is 10.1. The fourth-order valence-corrected chi connectivity index (χ4v) is 1.18. The Bertz CT molecular complexity index is 246. The molecule has 1 N–H and O–H groups in total. The number of anilines is 1. The van der Waals surface area contributed by atoms with E-state index in [1.807, 2.05) is 18.2 Å². The number of aromatic nitrogens is 1. The molecule has 0 aliphatic rings. The maximum absolute atomic E-state index is 5.09. The Kier molecular flexibility index (Phi) is 3.25. The third-order valence-corrected chi connectivity index (χ3v) is 1.64. The molecule has 72 valence electrons. The molecule has 1 heterocycles. The van der Waals surface area contributed by atoms with Gasteiger partial charge in [-0.3, -0.25) is 0 Å². The minimum Gasteiger partial charge on any atom is -0.382 e. The molecule has 0 radical (unpaired) electrons. The largest absolute Gasteiger partial charge is 0.382 e. The van der Waals surface area contributed by atoms with Gasteiger partial charge in [-0.1, -0.05) is 6.07 Å². The van der Waals surface area contributed by atoms with E-state index in [0.717, 1.165) is 5.82 Å². The van der Waals surface area contributed by atoms with Gasteiger partial charge in [-0.05, 0) is 26.0 Å². The highest BCUT2D eigenvalue weighted by molar-refractivity contribution is 5.36. The van der Waals surface area contributed by atoms with Crippen molar-refractivity contribution in [2.75, 3.05) is 19.0 Å². The molecule has 0 fully saturated rings. The van der Waals surface area contributed by atoms with Gasteiger partial charge in [0.25, 0.3) is 0 Å². The molecule has 0 saturated heterocycles. The molecule has 1 rings (SSSR count). The summed E-state index contributed by atoms with van der Waals surface area (Å²) in [4.78, 5) is 4.18. The van der Waals surface area contributed by atoms with Crippen LogP contribution in [-0.2, 0) is 4.74 Å². The van der Waals surface area contributed by atoms with Crippen molar-refractivity contribution >= 4 is 5.82 Å². The molecule has 1 aromatic rings. The van der Waals surface area contributed by atoms with E-state index in [2.05, 4.69) is 24.1 Å². The van der Waals surface area contributed by atoms with Crippen LogP contribution >= 0.6 is 0 Å². The first-order valence-corrected chi connectivity index (χ1v) is 4.32. The fraction of sp³-hybridized carbons (Fsp3) is 0.500. The summed E-state index contributed by atoms with van der Waals surface area (Å²) in [6, 6.07) is 5.80. The monoisotopic (exact) mass is 180 g/mol. The molecule has 0 unspecified atom stereocenters. The van der Waals surface area contributed by atoms with Gasteiger partial charge in [-0.2, -0.15) is 0 Å². The Morgan fingerprint density at radius 3 is 2.77 bits per heavy atom. The number of methoxy groups -OCH3 is 1. The van der Waals surface area contributed by atoms with E-state index in [9.17, 15) is 0 Å². The third-order valence-electron chi connectivity index (χ3n) is 1.64. The van der Waals surface area contributed by atoms with Gasteiger partial charge in [0.2, 0.25) is 0 Å². The van der Waals surface area contributed by atoms with E-state index in [4.69, 9.17) is 4.74 Å². The number of hydrogen-bond acceptors (Lipinski definition) is 3. The number of ether oxygens (including phenoxy) is 1. The van der Waals surface area contributed by atoms with Gasteiger partial charge in [0.15, 0.2) is 0 Å². The second-order valence-electron chi connectivity index (χ2n) is 3.66. The predicted octanol–water partition coefficient (Wildman–Crippen LogP) is 1.92. The first-order chi connectivity index (χ1) is 6.14. The molecular weight excluding hydrogens is 164 g/mol. The quantitative estimate of drug-likeness (QED) is 0.768. The van der Waals surface area contributed by atoms with E-state index in [1.165, 1.54) is 0 Å². The third kappa shape index (κ3) is 3.42. The molecular formula is C10H16N2O. The second kappa shape index (κ2) is 4.23. The molecule has 1 aromatic heterocycles. The minimum absolute atomic E-state index is 0.0803. The van der Waals surface area contributed by atoms with Gasteiger partial charge in [-0.25, -0.2) is 4.98 Å². The number of nitrogens with zero attached hydrogens (tertiary/aromatic N) is 1. The maximum Gasteiger partial charge on any atom is 0.126 e. The van der Waals surface area contributed by atoms with Crippen LogP contribution in [0.15, 0.2) is 24.4 Å². The average Bonchev–Trinajstić information content (AvgIpc) is 2.04. The van der Waals surface area contributed by atoms with Crippen molar-refractivity contribution < 1.29 is 4.74 Å². The zero-order valence-electron chi connectivity index (χ0n) is 8.37. The molecule has 3 nitrogen and oxygen atoms in total. The molecule has 0 spiro atoms. The van der Waals surface area contributed by atoms with Crippen LogP contribution in [0.1, 0.15) is 13.8 Å². The van der Waals surface area contributed by atoms with Gasteiger partial charge in [0.1, 0.15) is 5.82 Å². The van der Waals surface area contributed by atoms with Crippen LogP contribution in [-0.4, -0.2) is 24.2 Å². The molecule has 0 aliphatic carbocycles. The lowest BCUT2D eigenvalue weighted by Crippen LogP contribution is -2.36. The first kappa shape index (κ1) is 9.99. The van der Waals surface area contributed by atoms with E-state index in [1.54, 1.807) is 13.3 Å². The summed E-state index contributed by atoms with van der Waals surface area (Å²) in [7, 11) is 1.70. The summed E-state index contributed by atoms with van der Waals surface area (Å²) >= 11 is 0. The number of rotatable bonds is 4. The van der Waals surface area contributed by atoms with E-state index in [0.29, 0.717) is 6.61 Å². The van der Waals surface area contributed by atoms with E-state index >= 15 is 0 Å². The molecule has 0 atom stereocenters. The fourth-order valence-electron chi connectivity index (χ4n) is 1.18. The Balaban J connectivity index is 2.58. The highest BCUT2D eigenvalue weighted by atomic mass is 16.5. The van der Waals surface area contributed by atoms with Crippen LogP contribution in [0.2, 0.25) is 0 Å². The molecule has 13 heavy (non-hydrogen) atoms. The predicted molar refractivity (Wildman–Crippen MR) is 53.8 cm³/mol. The SMILES string of the molecule is COCC(C)(C)Nc1ccccn1. The zero-order valence-corrected chi connectivity index (χ0v) is 8.37. The highest BCUT2D eigenvalue weighted by Gasteiger charge is 2.16. The van der Waals surface area contributed by atoms with Crippen LogP contribution in [0, 0.1) is 0 Å². The Labute approximate surface area is 79.1 Å². The number of nitrogens with one attached hydrogen (secondary N) is 1. The van der Waals surface area contributed by atoms with Crippen LogP contribution in [0.25, 0.3) is 0 Å². The van der Waals surface area contributed by atoms with Crippen molar-refractivity contribution in [1.82, 2.24) is 4.98 Å². The number of pyridine rings is 1. The molecule has 0 bridgehead atoms. The molecule has 0 saturated carbocycles. The molecule has 0 amide bonds. The van der Waals surface area contributed by atoms with Crippen molar-refractivity contribution in [3.05, 3.63) is 24.4 Å². The van der Waals surface area contributed by atoms with Gasteiger partial charge in [0, 0.05) is 13.3 Å². The van der Waals surface area contributed by atoms with Crippen LogP contribution in [0.3, 0.4) is 0 Å². The smallest absolute Gasteiger partial charge is 0.126 e. The van der Waals surface area contributed by atoms with E-state index < -0.39 is 0 Å². The molecule has 0 aromatic carbocycles. The molecule has 3 heteroatoms. The summed E-state index contributed by atoms with van der Waals surface area (Å²) in [5, 5.41) is 3.28. The van der Waals surface area contributed by atoms with Gasteiger partial charge >= 0.3 is 0 Å². The summed E-state index contributed by atoms with van der Waals surface area (Å²) in [5.74, 6) is 0.879. The normalized spacial score (nSPS) is 11.3. The van der Waals surface area contributed by atoms with Gasteiger partial charge in [0.05, 0.1) is 12.1 Å². The lowest BCUT2D eigenvalue weighted by Gasteiger charge is -2.25. The Morgan fingerprint density at radius 2 is 2.23 bits per heavy atom. The standard InChI is InChI=1S/C10H16N2O/c1-10(2,8-13-3)12-9-6-4-5-7-11-9/h4-7H,8H2,1-3H3,(H,11,12). The minimum atomic E-state index is -0.0803. The summed E-state index contributed by atoms with van der Waals surface area (Å²) in [6.07, 6.45) is 1.77. The van der Waals surface area contributed by atoms with Crippen LogP contribution < -0.4 is 5.32 Å². The Hall–Kier alpha value is -1.09. The van der Waals surface area contributed by atoms with Crippen molar-refractivity contribution in [1.29, 1.82) is 0 Å². The van der Waals surface area contributed by atoms with Crippen molar-refractivity contribution in [3.8, 4) is 0 Å². The Morgan fingerprint density at radius 1 is 1.46 bits per heavy atom. The van der Waals surface area contributed by atoms with Gasteiger partial charge in [-0.15, -0.1) is 0 Å². The van der Waals surface area contributed by atoms with Crippen molar-refractivity contribution in [3.63, 3.8) is 0 Å². The highest BCUT2D eigenvalue weighted by Crippen LogP contribution is 2.11. The van der Waals surface area contributed by atoms with Crippen LogP contribution in [0.4, 0.5) is 5.82 Å². The van der Waals surface area contributed by atoms with E-state index in [-0.39, 0.29) is 5.54 Å². The van der Waals surface area contributed by atoms with Crippen molar-refractivity contribution in [2.45, 2.75) is 19.4 Å². The molecule has 0 aliphatic heterocycles. The first-order valence-electron chi connectivity index (χ1n) is 4.32. The number of hydrogen-bond donors (Lipinski definition) is 1.